The lowest BCUT2D eigenvalue weighted by atomic mass is 9.77. The first kappa shape index (κ1) is 18.2. The molecular formula is C18H15F3N2O3S. The van der Waals surface area contributed by atoms with Crippen LogP contribution in [0.25, 0.3) is 0 Å². The predicted molar refractivity (Wildman–Crippen MR) is 95.0 cm³/mol. The maximum atomic E-state index is 13.1. The molecule has 142 valence electrons. The molecule has 0 saturated carbocycles. The number of nitro groups is 1. The number of halogens is 3. The number of alkyl halides is 3. The van der Waals surface area contributed by atoms with Gasteiger partial charge in [-0.05, 0) is 36.6 Å². The van der Waals surface area contributed by atoms with Crippen molar-refractivity contribution < 1.29 is 22.9 Å². The van der Waals surface area contributed by atoms with Crippen LogP contribution in [-0.4, -0.2) is 27.4 Å². The fraction of sp³-hybridized carbons (Fsp3) is 0.444. The molecule has 0 radical (unpaired) electrons. The lowest BCUT2D eigenvalue weighted by Crippen LogP contribution is -2.32. The van der Waals surface area contributed by atoms with E-state index in [1.807, 2.05) is 0 Å². The van der Waals surface area contributed by atoms with Gasteiger partial charge in [-0.3, -0.25) is 19.9 Å². The van der Waals surface area contributed by atoms with Gasteiger partial charge in [-0.2, -0.15) is 24.9 Å². The zero-order valence-corrected chi connectivity index (χ0v) is 14.9. The maximum absolute atomic E-state index is 13.1. The summed E-state index contributed by atoms with van der Waals surface area (Å²) in [4.78, 5) is 27.5. The molecule has 3 aliphatic rings. The monoisotopic (exact) mass is 396 g/mol. The van der Waals surface area contributed by atoms with E-state index in [0.29, 0.717) is 36.1 Å². The highest BCUT2D eigenvalue weighted by atomic mass is 32.2. The van der Waals surface area contributed by atoms with Crippen molar-refractivity contribution in [2.45, 2.75) is 43.0 Å². The highest BCUT2D eigenvalue weighted by Crippen LogP contribution is 2.48. The summed E-state index contributed by atoms with van der Waals surface area (Å²) in [6.07, 6.45) is -2.32. The SMILES string of the molecule is O=C1CCCC2=C1C(c1ccc(C(F)(F)F)c([N+](=O)[O-])c1)C1SCCC1=N2. The average molecular weight is 396 g/mol. The summed E-state index contributed by atoms with van der Waals surface area (Å²) in [6, 6.07) is 3.02. The molecule has 1 aliphatic carbocycles. The van der Waals surface area contributed by atoms with Crippen LogP contribution in [0, 0.1) is 10.1 Å². The Labute approximate surface area is 156 Å². The van der Waals surface area contributed by atoms with Crippen LogP contribution in [-0.2, 0) is 11.0 Å². The van der Waals surface area contributed by atoms with Crippen molar-refractivity contribution in [2.24, 2.45) is 4.99 Å². The van der Waals surface area contributed by atoms with Gasteiger partial charge in [-0.15, -0.1) is 0 Å². The molecule has 1 fully saturated rings. The van der Waals surface area contributed by atoms with Gasteiger partial charge in [0.1, 0.15) is 5.56 Å². The molecule has 1 saturated heterocycles. The molecule has 2 atom stereocenters. The van der Waals surface area contributed by atoms with Crippen LogP contribution in [0.2, 0.25) is 0 Å². The number of ketones is 1. The summed E-state index contributed by atoms with van der Waals surface area (Å²) in [6.45, 7) is 0. The zero-order chi connectivity index (χ0) is 19.3. The van der Waals surface area contributed by atoms with E-state index in [4.69, 9.17) is 0 Å². The first-order chi connectivity index (χ1) is 12.8. The van der Waals surface area contributed by atoms with E-state index in [-0.39, 0.29) is 11.0 Å². The number of thioether (sulfide) groups is 1. The number of aliphatic imine (C=N–C) groups is 1. The molecule has 4 rings (SSSR count). The van der Waals surface area contributed by atoms with Crippen LogP contribution in [0.15, 0.2) is 34.5 Å². The summed E-state index contributed by atoms with van der Waals surface area (Å²) in [7, 11) is 0. The molecule has 0 aromatic heterocycles. The fourth-order valence-electron chi connectivity index (χ4n) is 4.05. The van der Waals surface area contributed by atoms with Crippen LogP contribution in [0.3, 0.4) is 0 Å². The number of Topliss-reactive ketones (excluding diaryl/α,β-unsaturated/α-hetero) is 1. The number of nitrogens with zero attached hydrogens (tertiary/aromatic N) is 2. The fourth-order valence-corrected chi connectivity index (χ4v) is 5.48. The second-order valence-electron chi connectivity index (χ2n) is 6.79. The van der Waals surface area contributed by atoms with E-state index in [0.717, 1.165) is 30.0 Å². The molecule has 0 amide bonds. The minimum absolute atomic E-state index is 0.0564. The van der Waals surface area contributed by atoms with Crippen LogP contribution >= 0.6 is 11.8 Å². The quantitative estimate of drug-likeness (QED) is 0.538. The van der Waals surface area contributed by atoms with E-state index in [2.05, 4.69) is 4.99 Å². The lowest BCUT2D eigenvalue weighted by molar-refractivity contribution is -0.388. The van der Waals surface area contributed by atoms with Crippen molar-refractivity contribution in [2.75, 3.05) is 5.75 Å². The number of benzene rings is 1. The van der Waals surface area contributed by atoms with Gasteiger partial charge in [0.15, 0.2) is 5.78 Å². The van der Waals surface area contributed by atoms with Crippen molar-refractivity contribution in [1.82, 2.24) is 0 Å². The summed E-state index contributed by atoms with van der Waals surface area (Å²) in [5.74, 6) is 0.283. The largest absolute Gasteiger partial charge is 0.422 e. The molecule has 0 bridgehead atoms. The molecule has 2 unspecified atom stereocenters. The molecule has 2 aliphatic heterocycles. The van der Waals surface area contributed by atoms with Gasteiger partial charge in [0.05, 0.1) is 10.2 Å². The minimum Gasteiger partial charge on any atom is -0.294 e. The highest BCUT2D eigenvalue weighted by molar-refractivity contribution is 8.01. The van der Waals surface area contributed by atoms with Crippen LogP contribution in [0.4, 0.5) is 18.9 Å². The number of rotatable bonds is 2. The predicted octanol–water partition coefficient (Wildman–Crippen LogP) is 4.66. The third-order valence-electron chi connectivity index (χ3n) is 5.19. The number of hydrogen-bond donors (Lipinski definition) is 0. The Morgan fingerprint density at radius 2 is 2.00 bits per heavy atom. The Balaban J connectivity index is 1.87. The number of carbonyl (C=O) groups excluding carboxylic acids is 1. The van der Waals surface area contributed by atoms with Crippen LogP contribution in [0.1, 0.15) is 42.7 Å². The highest BCUT2D eigenvalue weighted by Gasteiger charge is 2.44. The van der Waals surface area contributed by atoms with Crippen molar-refractivity contribution in [1.29, 1.82) is 0 Å². The molecule has 2 heterocycles. The second kappa shape index (κ2) is 6.47. The van der Waals surface area contributed by atoms with Crippen molar-refractivity contribution in [3.05, 3.63) is 50.7 Å². The van der Waals surface area contributed by atoms with Crippen molar-refractivity contribution in [3.8, 4) is 0 Å². The van der Waals surface area contributed by atoms with E-state index < -0.39 is 28.3 Å². The summed E-state index contributed by atoms with van der Waals surface area (Å²) < 4.78 is 39.4. The van der Waals surface area contributed by atoms with E-state index in [1.165, 1.54) is 6.07 Å². The molecule has 9 heteroatoms. The lowest BCUT2D eigenvalue weighted by Gasteiger charge is -2.33. The average Bonchev–Trinajstić information content (AvgIpc) is 3.07. The van der Waals surface area contributed by atoms with Crippen LogP contribution < -0.4 is 0 Å². The minimum atomic E-state index is -4.81. The molecule has 0 spiro atoms. The number of nitro benzene ring substituents is 1. The number of hydrogen-bond acceptors (Lipinski definition) is 5. The third-order valence-corrected chi connectivity index (χ3v) is 6.53. The molecular weight excluding hydrogens is 381 g/mol. The summed E-state index contributed by atoms with van der Waals surface area (Å²) in [5.41, 5.74) is 0.290. The number of carbonyl (C=O) groups is 1. The normalized spacial score (nSPS) is 25.1. The first-order valence-electron chi connectivity index (χ1n) is 8.58. The maximum Gasteiger partial charge on any atom is 0.422 e. The summed E-state index contributed by atoms with van der Waals surface area (Å²) in [5, 5.41) is 11.1. The Morgan fingerprint density at radius 3 is 2.70 bits per heavy atom. The third kappa shape index (κ3) is 3.07. The van der Waals surface area contributed by atoms with Crippen molar-refractivity contribution in [3.63, 3.8) is 0 Å². The first-order valence-corrected chi connectivity index (χ1v) is 9.63. The molecule has 1 aromatic carbocycles. The van der Waals surface area contributed by atoms with Gasteiger partial charge in [-0.1, -0.05) is 6.07 Å². The van der Waals surface area contributed by atoms with Gasteiger partial charge in [-0.25, -0.2) is 0 Å². The Bertz CT molecular complexity index is 908. The Kier molecular flexibility index (Phi) is 4.37. The van der Waals surface area contributed by atoms with Crippen LogP contribution in [0.5, 0.6) is 0 Å². The molecule has 5 nitrogen and oxygen atoms in total. The van der Waals surface area contributed by atoms with Gasteiger partial charge in [0, 0.05) is 35.4 Å². The topological polar surface area (TPSA) is 72.6 Å². The van der Waals surface area contributed by atoms with E-state index in [1.54, 1.807) is 11.8 Å². The second-order valence-corrected chi connectivity index (χ2v) is 8.04. The standard InChI is InChI=1S/C18H15F3N2O3S/c19-18(20,21)10-5-4-9(8-13(10)23(25)26)15-16-11(2-1-3-14(16)24)22-12-6-7-27-17(12)15/h4-5,8,15,17H,1-3,6-7H2. The zero-order valence-electron chi connectivity index (χ0n) is 14.1. The van der Waals surface area contributed by atoms with E-state index in [9.17, 15) is 28.1 Å². The van der Waals surface area contributed by atoms with Gasteiger partial charge < -0.3 is 0 Å². The van der Waals surface area contributed by atoms with Gasteiger partial charge in [0.25, 0.3) is 5.69 Å². The van der Waals surface area contributed by atoms with E-state index >= 15 is 0 Å². The van der Waals surface area contributed by atoms with Gasteiger partial charge in [0.2, 0.25) is 0 Å². The van der Waals surface area contributed by atoms with Crippen molar-refractivity contribution >= 4 is 28.9 Å². The Hall–Kier alpha value is -2.16. The smallest absolute Gasteiger partial charge is 0.294 e. The van der Waals surface area contributed by atoms with Gasteiger partial charge >= 0.3 is 6.18 Å². The molecule has 27 heavy (non-hydrogen) atoms. The Morgan fingerprint density at radius 1 is 1.22 bits per heavy atom. The molecule has 0 N–H and O–H groups in total. The number of allylic oxidation sites excluding steroid dienone is 2. The summed E-state index contributed by atoms with van der Waals surface area (Å²) >= 11 is 1.60. The molecule has 1 aromatic rings. The number of fused-ring (bicyclic) bond motifs is 1.